The quantitative estimate of drug-likeness (QED) is 0.539. The van der Waals surface area contributed by atoms with Crippen LogP contribution in [-0.2, 0) is 4.84 Å². The van der Waals surface area contributed by atoms with Gasteiger partial charge in [0.1, 0.15) is 0 Å². The molecule has 0 radical (unpaired) electrons. The molecule has 1 aromatic rings. The number of nitrogens with zero attached hydrogens (tertiary/aromatic N) is 3. The maximum Gasteiger partial charge on any atom is 0.386 e. The van der Waals surface area contributed by atoms with Gasteiger partial charge in [0.15, 0.2) is 0 Å². The number of ether oxygens (including phenoxy) is 1. The molecule has 9 nitrogen and oxygen atoms in total. The van der Waals surface area contributed by atoms with Crippen molar-refractivity contribution in [1.82, 2.24) is 4.98 Å². The van der Waals surface area contributed by atoms with E-state index in [2.05, 4.69) is 9.82 Å². The Morgan fingerprint density at radius 1 is 1.44 bits per heavy atom. The lowest BCUT2D eigenvalue weighted by atomic mass is 10.2. The third-order valence-corrected chi connectivity index (χ3v) is 2.01. The Morgan fingerprint density at radius 3 is 2.81 bits per heavy atom. The van der Waals surface area contributed by atoms with Crippen molar-refractivity contribution in [2.45, 2.75) is 12.3 Å². The molecule has 1 aliphatic heterocycles. The Kier molecular flexibility index (Phi) is 2.27. The van der Waals surface area contributed by atoms with E-state index >= 15 is 0 Å². The summed E-state index contributed by atoms with van der Waals surface area (Å²) in [6, 6.07) is 2.92. The molecular formula is C7H5N3O6. The smallest absolute Gasteiger partial charge is 0.386 e. The second kappa shape index (κ2) is 3.61. The molecule has 0 saturated heterocycles. The second-order valence-corrected chi connectivity index (χ2v) is 2.94. The largest absolute Gasteiger partial charge is 0.410 e. The molecule has 0 aromatic carbocycles. The summed E-state index contributed by atoms with van der Waals surface area (Å²) in [4.78, 5) is 28.0. The number of nitro groups is 1. The fraction of sp³-hybridized carbons (Fsp3) is 0.286. The van der Waals surface area contributed by atoms with Gasteiger partial charge < -0.3 is 4.74 Å². The second-order valence-electron chi connectivity index (χ2n) is 2.94. The van der Waals surface area contributed by atoms with Crippen LogP contribution in [0.5, 0.6) is 5.88 Å². The lowest BCUT2D eigenvalue weighted by Crippen LogP contribution is -2.30. The Labute approximate surface area is 87.9 Å². The molecule has 2 heterocycles. The molecular weight excluding hydrogens is 222 g/mol. The van der Waals surface area contributed by atoms with Crippen molar-refractivity contribution >= 4 is 0 Å². The zero-order chi connectivity index (χ0) is 11.7. The van der Waals surface area contributed by atoms with Crippen molar-refractivity contribution < 1.29 is 19.6 Å². The molecule has 0 aliphatic carbocycles. The highest BCUT2D eigenvalue weighted by atomic mass is 17.0. The third-order valence-electron chi connectivity index (χ3n) is 2.01. The third kappa shape index (κ3) is 1.58. The van der Waals surface area contributed by atoms with Gasteiger partial charge in [-0.2, -0.15) is 0 Å². The number of hydrogen-bond acceptors (Lipinski definition) is 7. The highest BCUT2D eigenvalue weighted by molar-refractivity contribution is 5.32. The summed E-state index contributed by atoms with van der Waals surface area (Å²) in [5.74, 6) is -0.0175. The van der Waals surface area contributed by atoms with E-state index in [0.29, 0.717) is 0 Å². The molecule has 2 atom stereocenters. The molecule has 0 bridgehead atoms. The van der Waals surface area contributed by atoms with Crippen molar-refractivity contribution in [2.75, 3.05) is 0 Å². The maximum atomic E-state index is 10.6. The van der Waals surface area contributed by atoms with Gasteiger partial charge in [-0.1, -0.05) is 0 Å². The summed E-state index contributed by atoms with van der Waals surface area (Å²) in [6.07, 6.45) is -1.66. The van der Waals surface area contributed by atoms with Crippen LogP contribution in [0, 0.1) is 20.2 Å². The number of hydrogen-bond donors (Lipinski definition) is 0. The fourth-order valence-corrected chi connectivity index (χ4v) is 1.40. The summed E-state index contributed by atoms with van der Waals surface area (Å²) < 4.78 is 4.84. The van der Waals surface area contributed by atoms with Gasteiger partial charge in [-0.25, -0.2) is 4.98 Å². The van der Waals surface area contributed by atoms with Crippen LogP contribution in [0.25, 0.3) is 0 Å². The van der Waals surface area contributed by atoms with Crippen LogP contribution in [0.3, 0.4) is 0 Å². The molecule has 0 N–H and O–H groups in total. The first kappa shape index (κ1) is 10.1. The fourth-order valence-electron chi connectivity index (χ4n) is 1.40. The molecule has 0 saturated carbocycles. The first-order valence-corrected chi connectivity index (χ1v) is 4.16. The van der Waals surface area contributed by atoms with E-state index in [-0.39, 0.29) is 11.4 Å². The predicted molar refractivity (Wildman–Crippen MR) is 46.5 cm³/mol. The number of fused-ring (bicyclic) bond motifs is 1. The van der Waals surface area contributed by atoms with Crippen molar-refractivity contribution in [3.05, 3.63) is 44.1 Å². The summed E-state index contributed by atoms with van der Waals surface area (Å²) in [5, 5.41) is 19.7. The van der Waals surface area contributed by atoms with E-state index < -0.39 is 22.3 Å². The van der Waals surface area contributed by atoms with Crippen LogP contribution in [0.15, 0.2) is 18.3 Å². The van der Waals surface area contributed by atoms with Gasteiger partial charge in [-0.05, 0) is 12.1 Å². The van der Waals surface area contributed by atoms with E-state index in [1.807, 2.05) is 0 Å². The van der Waals surface area contributed by atoms with Crippen LogP contribution in [-0.4, -0.2) is 21.2 Å². The van der Waals surface area contributed by atoms with Gasteiger partial charge in [-0.15, -0.1) is 10.1 Å². The standard InChI is InChI=1S/C7H5N3O6/c11-9(12)7-5(16-10(13)14)4-2-1-3-8-6(4)15-7/h1-3,5,7H/t5-,7+/m1/s1. The monoisotopic (exact) mass is 227 g/mol. The number of aromatic nitrogens is 1. The first-order chi connectivity index (χ1) is 7.59. The van der Waals surface area contributed by atoms with Crippen LogP contribution in [0.2, 0.25) is 0 Å². The van der Waals surface area contributed by atoms with E-state index in [1.165, 1.54) is 18.3 Å². The van der Waals surface area contributed by atoms with E-state index in [1.54, 1.807) is 0 Å². The van der Waals surface area contributed by atoms with Gasteiger partial charge in [0, 0.05) is 6.20 Å². The molecule has 0 fully saturated rings. The molecule has 0 amide bonds. The highest BCUT2D eigenvalue weighted by Gasteiger charge is 2.46. The van der Waals surface area contributed by atoms with Crippen molar-refractivity contribution in [2.24, 2.45) is 0 Å². The Hall–Kier alpha value is -2.45. The van der Waals surface area contributed by atoms with Crippen molar-refractivity contribution in [1.29, 1.82) is 0 Å². The Balaban J connectivity index is 2.35. The predicted octanol–water partition coefficient (Wildman–Crippen LogP) is 0.326. The van der Waals surface area contributed by atoms with Crippen LogP contribution < -0.4 is 4.74 Å². The summed E-state index contributed by atoms with van der Waals surface area (Å²) in [7, 11) is 0. The van der Waals surface area contributed by atoms with E-state index in [9.17, 15) is 20.2 Å². The molecule has 9 heteroatoms. The zero-order valence-electron chi connectivity index (χ0n) is 7.68. The summed E-state index contributed by atoms with van der Waals surface area (Å²) >= 11 is 0. The van der Waals surface area contributed by atoms with Crippen LogP contribution in [0.4, 0.5) is 0 Å². The molecule has 1 aliphatic rings. The molecule has 2 rings (SSSR count). The van der Waals surface area contributed by atoms with Gasteiger partial charge in [0.2, 0.25) is 12.0 Å². The molecule has 0 unspecified atom stereocenters. The zero-order valence-corrected chi connectivity index (χ0v) is 7.68. The number of pyridine rings is 1. The van der Waals surface area contributed by atoms with Crippen LogP contribution in [0.1, 0.15) is 11.7 Å². The van der Waals surface area contributed by atoms with Gasteiger partial charge in [0.25, 0.3) is 5.09 Å². The maximum absolute atomic E-state index is 10.6. The molecule has 1 aromatic heterocycles. The van der Waals surface area contributed by atoms with Crippen molar-refractivity contribution in [3.8, 4) is 5.88 Å². The number of rotatable bonds is 3. The molecule has 84 valence electrons. The first-order valence-electron chi connectivity index (χ1n) is 4.16. The molecule has 16 heavy (non-hydrogen) atoms. The summed E-state index contributed by atoms with van der Waals surface area (Å²) in [6.45, 7) is 0. The topological polar surface area (TPSA) is 118 Å². The lowest BCUT2D eigenvalue weighted by Gasteiger charge is -2.08. The minimum Gasteiger partial charge on any atom is -0.410 e. The van der Waals surface area contributed by atoms with Crippen LogP contribution >= 0.6 is 0 Å². The average Bonchev–Trinajstić information content (AvgIpc) is 2.57. The highest BCUT2D eigenvalue weighted by Crippen LogP contribution is 2.37. The SMILES string of the molecule is O=[N+]([O-])O[C@@H]1c2cccnc2O[C@@H]1[N+](=O)[O-]. The summed E-state index contributed by atoms with van der Waals surface area (Å²) in [5.41, 5.74) is 0.195. The normalized spacial score (nSPS) is 22.0. The minimum absolute atomic E-state index is 0.0175. The minimum atomic E-state index is -1.64. The Bertz CT molecular complexity index is 450. The van der Waals surface area contributed by atoms with Gasteiger partial charge >= 0.3 is 6.23 Å². The lowest BCUT2D eigenvalue weighted by molar-refractivity contribution is -0.783. The molecule has 0 spiro atoms. The van der Waals surface area contributed by atoms with Gasteiger partial charge in [-0.3, -0.25) is 15.0 Å². The Morgan fingerprint density at radius 2 is 2.19 bits per heavy atom. The van der Waals surface area contributed by atoms with E-state index in [0.717, 1.165) is 0 Å². The van der Waals surface area contributed by atoms with E-state index in [4.69, 9.17) is 4.74 Å². The van der Waals surface area contributed by atoms with Crippen molar-refractivity contribution in [3.63, 3.8) is 0 Å². The van der Waals surface area contributed by atoms with Gasteiger partial charge in [0.05, 0.1) is 10.5 Å². The average molecular weight is 227 g/mol.